The van der Waals surface area contributed by atoms with Crippen LogP contribution in [0.1, 0.15) is 37.2 Å². The Morgan fingerprint density at radius 1 is 1.35 bits per heavy atom. The summed E-state index contributed by atoms with van der Waals surface area (Å²) < 4.78 is 5.33. The highest BCUT2D eigenvalue weighted by molar-refractivity contribution is 14.0. The fraction of sp³-hybridized carbons (Fsp3) is 0.474. The third-order valence-corrected chi connectivity index (χ3v) is 4.81. The van der Waals surface area contributed by atoms with E-state index in [1.54, 1.807) is 17.6 Å². The van der Waals surface area contributed by atoms with E-state index in [9.17, 15) is 0 Å². The van der Waals surface area contributed by atoms with Crippen molar-refractivity contribution in [3.63, 3.8) is 0 Å². The third-order valence-electron chi connectivity index (χ3n) is 3.49. The topological polar surface area (TPSA) is 62.5 Å². The molecule has 0 atom stereocenters. The van der Waals surface area contributed by atoms with Crippen LogP contribution in [0.25, 0.3) is 0 Å². The van der Waals surface area contributed by atoms with E-state index < -0.39 is 0 Å². The number of nitrogens with one attached hydrogen (secondary N) is 2. The summed E-state index contributed by atoms with van der Waals surface area (Å²) in [5, 5.41) is 9.92. The minimum absolute atomic E-state index is 0. The molecule has 2 rings (SSSR count). The van der Waals surface area contributed by atoms with Crippen molar-refractivity contribution in [1.82, 2.24) is 15.6 Å². The van der Waals surface area contributed by atoms with E-state index in [-0.39, 0.29) is 29.4 Å². The number of hydrogen-bond donors (Lipinski definition) is 2. The van der Waals surface area contributed by atoms with Gasteiger partial charge in [-0.1, -0.05) is 26.8 Å². The molecule has 2 aromatic rings. The quantitative estimate of drug-likeness (QED) is 0.254. The van der Waals surface area contributed by atoms with Crippen molar-refractivity contribution in [2.75, 3.05) is 19.6 Å². The summed E-state index contributed by atoms with van der Waals surface area (Å²) in [6.45, 7) is 12.5. The molecular weight excluding hydrogens is 459 g/mol. The van der Waals surface area contributed by atoms with E-state index in [2.05, 4.69) is 48.4 Å². The van der Waals surface area contributed by atoms with E-state index in [4.69, 9.17) is 9.40 Å². The molecule has 0 aliphatic carbocycles. The van der Waals surface area contributed by atoms with E-state index in [1.165, 1.54) is 5.01 Å². The molecule has 0 radical (unpaired) electrons. The number of aromatic nitrogens is 1. The lowest BCUT2D eigenvalue weighted by molar-refractivity contribution is 0.510. The maximum absolute atomic E-state index is 5.33. The maximum Gasteiger partial charge on any atom is 0.191 e. The van der Waals surface area contributed by atoms with Crippen LogP contribution in [-0.2, 0) is 18.3 Å². The van der Waals surface area contributed by atoms with Crippen LogP contribution in [0, 0.1) is 0 Å². The Morgan fingerprint density at radius 2 is 2.15 bits per heavy atom. The van der Waals surface area contributed by atoms with Gasteiger partial charge in [-0.25, -0.2) is 4.98 Å². The SMILES string of the molecule is C=CCNC(=NCCc1ccco1)NCCc1csc(C(C)(C)C)n1.I. The van der Waals surface area contributed by atoms with Crippen molar-refractivity contribution in [2.45, 2.75) is 39.0 Å². The number of thiazole rings is 1. The van der Waals surface area contributed by atoms with Gasteiger partial charge >= 0.3 is 0 Å². The molecule has 2 N–H and O–H groups in total. The first kappa shape index (κ1) is 22.7. The normalized spacial score (nSPS) is 11.7. The average molecular weight is 488 g/mol. The second-order valence-corrected chi connectivity index (χ2v) is 7.66. The molecule has 0 aliphatic heterocycles. The summed E-state index contributed by atoms with van der Waals surface area (Å²) in [5.74, 6) is 1.74. The van der Waals surface area contributed by atoms with Crippen LogP contribution in [0.2, 0.25) is 0 Å². The Hall–Kier alpha value is -1.35. The van der Waals surface area contributed by atoms with E-state index >= 15 is 0 Å². The highest BCUT2D eigenvalue weighted by Gasteiger charge is 2.17. The molecule has 2 aromatic heterocycles. The second-order valence-electron chi connectivity index (χ2n) is 6.80. The van der Waals surface area contributed by atoms with Crippen LogP contribution in [0.4, 0.5) is 0 Å². The van der Waals surface area contributed by atoms with Gasteiger partial charge in [-0.2, -0.15) is 0 Å². The zero-order valence-electron chi connectivity index (χ0n) is 15.7. The summed E-state index contributed by atoms with van der Waals surface area (Å²) in [7, 11) is 0. The molecule has 0 unspecified atom stereocenters. The summed E-state index contributed by atoms with van der Waals surface area (Å²) in [5.41, 5.74) is 1.24. The van der Waals surface area contributed by atoms with Gasteiger partial charge in [0.25, 0.3) is 0 Å². The molecule has 0 saturated carbocycles. The number of rotatable bonds is 8. The Balaban J connectivity index is 0.00000338. The summed E-state index contributed by atoms with van der Waals surface area (Å²) in [4.78, 5) is 9.31. The van der Waals surface area contributed by atoms with Gasteiger partial charge in [0.2, 0.25) is 0 Å². The predicted octanol–water partition coefficient (Wildman–Crippen LogP) is 4.16. The molecule has 0 spiro atoms. The first-order valence-electron chi connectivity index (χ1n) is 8.59. The van der Waals surface area contributed by atoms with Gasteiger partial charge in [0.05, 0.1) is 17.0 Å². The molecule has 0 aromatic carbocycles. The van der Waals surface area contributed by atoms with Crippen molar-refractivity contribution in [3.05, 3.63) is 52.9 Å². The van der Waals surface area contributed by atoms with Crippen LogP contribution in [-0.4, -0.2) is 30.6 Å². The molecule has 7 heteroatoms. The van der Waals surface area contributed by atoms with Gasteiger partial charge in [0.15, 0.2) is 5.96 Å². The molecular formula is C19H29IN4OS. The van der Waals surface area contributed by atoms with Gasteiger partial charge in [0, 0.05) is 43.3 Å². The lowest BCUT2D eigenvalue weighted by Crippen LogP contribution is -2.38. The molecule has 2 heterocycles. The highest BCUT2D eigenvalue weighted by Crippen LogP contribution is 2.25. The molecule has 0 fully saturated rings. The molecule has 0 bridgehead atoms. The molecule has 0 saturated heterocycles. The average Bonchev–Trinajstić information content (AvgIpc) is 3.23. The van der Waals surface area contributed by atoms with Crippen molar-refractivity contribution >= 4 is 41.3 Å². The van der Waals surface area contributed by atoms with Gasteiger partial charge in [0.1, 0.15) is 5.76 Å². The molecule has 26 heavy (non-hydrogen) atoms. The van der Waals surface area contributed by atoms with Crippen molar-refractivity contribution in [1.29, 1.82) is 0 Å². The second kappa shape index (κ2) is 11.4. The van der Waals surface area contributed by atoms with E-state index in [0.717, 1.165) is 36.8 Å². The highest BCUT2D eigenvalue weighted by atomic mass is 127. The minimum Gasteiger partial charge on any atom is -0.469 e. The molecule has 144 valence electrons. The Morgan fingerprint density at radius 3 is 2.77 bits per heavy atom. The number of aliphatic imine (C=N–C) groups is 1. The lowest BCUT2D eigenvalue weighted by atomic mass is 9.98. The van der Waals surface area contributed by atoms with Gasteiger partial charge < -0.3 is 15.1 Å². The molecule has 5 nitrogen and oxygen atoms in total. The summed E-state index contributed by atoms with van der Waals surface area (Å²) in [6, 6.07) is 3.86. The fourth-order valence-corrected chi connectivity index (χ4v) is 3.09. The molecule has 0 amide bonds. The monoisotopic (exact) mass is 488 g/mol. The number of guanidine groups is 1. The van der Waals surface area contributed by atoms with Crippen LogP contribution in [0.3, 0.4) is 0 Å². The first-order chi connectivity index (χ1) is 12.0. The van der Waals surface area contributed by atoms with Gasteiger partial charge in [-0.15, -0.1) is 41.9 Å². The van der Waals surface area contributed by atoms with Crippen molar-refractivity contribution in [3.8, 4) is 0 Å². The van der Waals surface area contributed by atoms with Crippen molar-refractivity contribution < 1.29 is 4.42 Å². The van der Waals surface area contributed by atoms with Gasteiger partial charge in [-0.05, 0) is 12.1 Å². The smallest absolute Gasteiger partial charge is 0.191 e. The minimum atomic E-state index is 0. The van der Waals surface area contributed by atoms with E-state index in [0.29, 0.717) is 13.1 Å². The lowest BCUT2D eigenvalue weighted by Gasteiger charge is -2.13. The number of hydrogen-bond acceptors (Lipinski definition) is 4. The van der Waals surface area contributed by atoms with Crippen LogP contribution in [0.15, 0.2) is 45.8 Å². The summed E-state index contributed by atoms with van der Waals surface area (Å²) in [6.07, 6.45) is 5.17. The summed E-state index contributed by atoms with van der Waals surface area (Å²) >= 11 is 1.73. The molecule has 0 aliphatic rings. The Bertz CT molecular complexity index is 674. The number of halogens is 1. The predicted molar refractivity (Wildman–Crippen MR) is 121 cm³/mol. The number of nitrogens with zero attached hydrogens (tertiary/aromatic N) is 2. The maximum atomic E-state index is 5.33. The van der Waals surface area contributed by atoms with Gasteiger partial charge in [-0.3, -0.25) is 4.99 Å². The van der Waals surface area contributed by atoms with Crippen molar-refractivity contribution in [2.24, 2.45) is 4.99 Å². The zero-order valence-corrected chi connectivity index (χ0v) is 18.9. The third kappa shape index (κ3) is 7.90. The first-order valence-corrected chi connectivity index (χ1v) is 9.47. The standard InChI is InChI=1S/C19H28N4OS.HI/c1-5-10-20-18(22-12-9-16-7-6-13-24-16)21-11-8-15-14-25-17(23-15)19(2,3)4;/h5-7,13-14H,1,8-12H2,2-4H3,(H2,20,21,22);1H. The van der Waals surface area contributed by atoms with Crippen LogP contribution in [0.5, 0.6) is 0 Å². The fourth-order valence-electron chi connectivity index (χ4n) is 2.15. The Labute approximate surface area is 177 Å². The largest absolute Gasteiger partial charge is 0.469 e. The zero-order chi connectivity index (χ0) is 18.1. The van der Waals surface area contributed by atoms with Crippen LogP contribution >= 0.6 is 35.3 Å². The van der Waals surface area contributed by atoms with Crippen LogP contribution < -0.4 is 10.6 Å². The van der Waals surface area contributed by atoms with E-state index in [1.807, 2.05) is 18.2 Å². The number of furan rings is 1. The Kier molecular flexibility index (Phi) is 9.93.